The predicted octanol–water partition coefficient (Wildman–Crippen LogP) is 0.532. The van der Waals surface area contributed by atoms with Gasteiger partial charge in [-0.1, -0.05) is 30.3 Å². The fourth-order valence-corrected chi connectivity index (χ4v) is 1.57. The molecule has 0 atom stereocenters. The van der Waals surface area contributed by atoms with E-state index in [1.54, 1.807) is 0 Å². The second kappa shape index (κ2) is 10.3. The number of nitrogens with one attached hydrogen (secondary N) is 1. The van der Waals surface area contributed by atoms with Crippen molar-refractivity contribution in [2.45, 2.75) is 12.8 Å². The minimum atomic E-state index is 0.0620. The van der Waals surface area contributed by atoms with Crippen molar-refractivity contribution >= 4 is 5.96 Å². The molecule has 0 heterocycles. The van der Waals surface area contributed by atoms with Gasteiger partial charge in [0.2, 0.25) is 0 Å². The number of hydrogen-bond acceptors (Lipinski definition) is 3. The number of rotatable bonds is 9. The highest BCUT2D eigenvalue weighted by molar-refractivity contribution is 5.77. The van der Waals surface area contributed by atoms with Gasteiger partial charge in [-0.15, -0.1) is 0 Å². The minimum Gasteiger partial charge on any atom is -0.394 e. The highest BCUT2D eigenvalue weighted by Crippen LogP contribution is 1.97. The third kappa shape index (κ3) is 8.18. The van der Waals surface area contributed by atoms with Crippen molar-refractivity contribution in [1.82, 2.24) is 5.32 Å². The van der Waals surface area contributed by atoms with E-state index >= 15 is 0 Å². The lowest BCUT2D eigenvalue weighted by Crippen LogP contribution is -2.33. The monoisotopic (exact) mass is 265 g/mol. The van der Waals surface area contributed by atoms with Gasteiger partial charge in [0.1, 0.15) is 0 Å². The molecule has 1 aromatic carbocycles. The molecule has 1 aromatic rings. The molecule has 0 spiro atoms. The van der Waals surface area contributed by atoms with E-state index in [-0.39, 0.29) is 6.61 Å². The van der Waals surface area contributed by atoms with Gasteiger partial charge >= 0.3 is 0 Å². The van der Waals surface area contributed by atoms with Crippen LogP contribution in [0.5, 0.6) is 0 Å². The van der Waals surface area contributed by atoms with Crippen molar-refractivity contribution in [2.75, 3.05) is 32.9 Å². The number of nitrogens with zero attached hydrogens (tertiary/aromatic N) is 1. The molecule has 0 radical (unpaired) electrons. The zero-order valence-corrected chi connectivity index (χ0v) is 11.2. The second-order valence-corrected chi connectivity index (χ2v) is 4.12. The first-order valence-corrected chi connectivity index (χ1v) is 6.59. The van der Waals surface area contributed by atoms with Crippen LogP contribution < -0.4 is 11.1 Å². The van der Waals surface area contributed by atoms with Gasteiger partial charge in [-0.3, -0.25) is 4.99 Å². The van der Waals surface area contributed by atoms with Crippen LogP contribution in [0, 0.1) is 0 Å². The smallest absolute Gasteiger partial charge is 0.188 e. The minimum absolute atomic E-state index is 0.0620. The molecular weight excluding hydrogens is 242 g/mol. The first kappa shape index (κ1) is 15.5. The first-order valence-electron chi connectivity index (χ1n) is 6.59. The summed E-state index contributed by atoms with van der Waals surface area (Å²) in [4.78, 5) is 4.19. The van der Waals surface area contributed by atoms with Gasteiger partial charge in [0.05, 0.1) is 13.2 Å². The SMILES string of the molecule is NC(=NCCCOCCO)NCCc1ccccc1. The fourth-order valence-electron chi connectivity index (χ4n) is 1.57. The summed E-state index contributed by atoms with van der Waals surface area (Å²) in [5.41, 5.74) is 7.01. The van der Waals surface area contributed by atoms with E-state index in [9.17, 15) is 0 Å². The van der Waals surface area contributed by atoms with Crippen LogP contribution in [0.15, 0.2) is 35.3 Å². The maximum atomic E-state index is 8.52. The molecular formula is C14H23N3O2. The van der Waals surface area contributed by atoms with E-state index in [2.05, 4.69) is 22.4 Å². The van der Waals surface area contributed by atoms with Crippen molar-refractivity contribution in [3.63, 3.8) is 0 Å². The number of aliphatic hydroxyl groups is 1. The molecule has 5 heteroatoms. The maximum Gasteiger partial charge on any atom is 0.188 e. The largest absolute Gasteiger partial charge is 0.394 e. The zero-order valence-electron chi connectivity index (χ0n) is 11.2. The topological polar surface area (TPSA) is 79.9 Å². The normalized spacial score (nSPS) is 11.5. The summed E-state index contributed by atoms with van der Waals surface area (Å²) in [5.74, 6) is 0.470. The molecule has 0 aliphatic rings. The molecule has 0 aromatic heterocycles. The molecule has 0 aliphatic carbocycles. The predicted molar refractivity (Wildman–Crippen MR) is 77.2 cm³/mol. The standard InChI is InChI=1S/C14H23N3O2/c15-14(16-8-4-11-19-12-10-18)17-9-7-13-5-2-1-3-6-13/h1-3,5-6,18H,4,7-12H2,(H3,15,16,17). The van der Waals surface area contributed by atoms with Gasteiger partial charge in [-0.25, -0.2) is 0 Å². The van der Waals surface area contributed by atoms with Crippen LogP contribution in [-0.2, 0) is 11.2 Å². The fraction of sp³-hybridized carbons (Fsp3) is 0.500. The van der Waals surface area contributed by atoms with E-state index in [0.29, 0.717) is 25.7 Å². The summed E-state index contributed by atoms with van der Waals surface area (Å²) in [6.07, 6.45) is 1.73. The number of ether oxygens (including phenoxy) is 1. The summed E-state index contributed by atoms with van der Waals surface area (Å²) in [7, 11) is 0. The van der Waals surface area contributed by atoms with Crippen LogP contribution in [0.3, 0.4) is 0 Å². The van der Waals surface area contributed by atoms with E-state index in [1.165, 1.54) is 5.56 Å². The zero-order chi connectivity index (χ0) is 13.8. The summed E-state index contributed by atoms with van der Waals surface area (Å²) in [5, 5.41) is 11.6. The van der Waals surface area contributed by atoms with Crippen molar-refractivity contribution in [3.8, 4) is 0 Å². The van der Waals surface area contributed by atoms with E-state index in [4.69, 9.17) is 15.6 Å². The molecule has 5 nitrogen and oxygen atoms in total. The summed E-state index contributed by atoms with van der Waals surface area (Å²) < 4.78 is 5.12. The third-order valence-corrected chi connectivity index (χ3v) is 2.53. The molecule has 0 bridgehead atoms. The molecule has 1 rings (SSSR count). The van der Waals surface area contributed by atoms with Crippen molar-refractivity contribution in [1.29, 1.82) is 0 Å². The van der Waals surface area contributed by atoms with Crippen LogP contribution in [0.4, 0.5) is 0 Å². The molecule has 106 valence electrons. The Hall–Kier alpha value is -1.59. The molecule has 0 amide bonds. The Balaban J connectivity index is 2.05. The van der Waals surface area contributed by atoms with Crippen molar-refractivity contribution in [3.05, 3.63) is 35.9 Å². The highest BCUT2D eigenvalue weighted by Gasteiger charge is 1.94. The highest BCUT2D eigenvalue weighted by atomic mass is 16.5. The second-order valence-electron chi connectivity index (χ2n) is 4.12. The van der Waals surface area contributed by atoms with E-state index in [0.717, 1.165) is 19.4 Å². The molecule has 0 unspecified atom stereocenters. The molecule has 0 aliphatic heterocycles. The van der Waals surface area contributed by atoms with Crippen molar-refractivity contribution in [2.24, 2.45) is 10.7 Å². The maximum absolute atomic E-state index is 8.52. The number of nitrogens with two attached hydrogens (primary N) is 1. The van der Waals surface area contributed by atoms with Crippen molar-refractivity contribution < 1.29 is 9.84 Å². The van der Waals surface area contributed by atoms with Gasteiger partial charge < -0.3 is 20.9 Å². The average molecular weight is 265 g/mol. The van der Waals surface area contributed by atoms with Gasteiger partial charge in [0.15, 0.2) is 5.96 Å². The van der Waals surface area contributed by atoms with Crippen LogP contribution in [0.1, 0.15) is 12.0 Å². The Labute approximate surface area is 114 Å². The molecule has 0 saturated carbocycles. The van der Waals surface area contributed by atoms with E-state index < -0.39 is 0 Å². The van der Waals surface area contributed by atoms with Gasteiger partial charge in [0.25, 0.3) is 0 Å². The Kier molecular flexibility index (Phi) is 8.42. The first-order chi connectivity index (χ1) is 9.33. The number of guanidine groups is 1. The lowest BCUT2D eigenvalue weighted by atomic mass is 10.1. The summed E-state index contributed by atoms with van der Waals surface area (Å²) >= 11 is 0. The number of aliphatic hydroxyl groups excluding tert-OH is 1. The average Bonchev–Trinajstić information content (AvgIpc) is 2.44. The quantitative estimate of drug-likeness (QED) is 0.346. The van der Waals surface area contributed by atoms with Crippen LogP contribution >= 0.6 is 0 Å². The van der Waals surface area contributed by atoms with Gasteiger partial charge in [0, 0.05) is 19.7 Å². The molecule has 0 fully saturated rings. The lowest BCUT2D eigenvalue weighted by molar-refractivity contribution is 0.0918. The van der Waals surface area contributed by atoms with Gasteiger partial charge in [-0.05, 0) is 18.4 Å². The number of hydrogen-bond donors (Lipinski definition) is 3. The van der Waals surface area contributed by atoms with Gasteiger partial charge in [-0.2, -0.15) is 0 Å². The van der Waals surface area contributed by atoms with E-state index in [1.807, 2.05) is 18.2 Å². The Morgan fingerprint density at radius 3 is 2.79 bits per heavy atom. The summed E-state index contributed by atoms with van der Waals surface area (Å²) in [6.45, 7) is 2.46. The molecule has 0 saturated heterocycles. The Bertz CT molecular complexity index is 355. The lowest BCUT2D eigenvalue weighted by Gasteiger charge is -2.06. The van der Waals surface area contributed by atoms with Crippen LogP contribution in [0.2, 0.25) is 0 Å². The van der Waals surface area contributed by atoms with Crippen LogP contribution in [0.25, 0.3) is 0 Å². The Morgan fingerprint density at radius 2 is 2.05 bits per heavy atom. The third-order valence-electron chi connectivity index (χ3n) is 2.53. The Morgan fingerprint density at radius 1 is 1.26 bits per heavy atom. The number of benzene rings is 1. The molecule has 4 N–H and O–H groups in total. The number of aliphatic imine (C=N–C) groups is 1. The van der Waals surface area contributed by atoms with Crippen LogP contribution in [-0.4, -0.2) is 44.0 Å². The summed E-state index contributed by atoms with van der Waals surface area (Å²) in [6, 6.07) is 10.2. The molecule has 19 heavy (non-hydrogen) atoms.